The normalized spacial score (nSPS) is 13.4. The molecule has 0 bridgehead atoms. The maximum Gasteiger partial charge on any atom is 0.162 e. The van der Waals surface area contributed by atoms with Gasteiger partial charge in [0, 0.05) is 55.8 Å². The Hall–Kier alpha value is -4.02. The second-order valence-corrected chi connectivity index (χ2v) is 7.46. The molecule has 0 N–H and O–H groups in total. The number of nitrogens with zero attached hydrogens (tertiary/aromatic N) is 7. The highest BCUT2D eigenvalue weighted by molar-refractivity contribution is 5.60. The third kappa shape index (κ3) is 4.15. The molecule has 4 aromatic rings. The van der Waals surface area contributed by atoms with Crippen molar-refractivity contribution in [1.82, 2.24) is 29.8 Å². The fourth-order valence-corrected chi connectivity index (χ4v) is 3.74. The van der Waals surface area contributed by atoms with Crippen LogP contribution in [-0.4, -0.2) is 36.4 Å². The maximum atomic E-state index is 8.98. The van der Waals surface area contributed by atoms with E-state index in [1.54, 1.807) is 12.4 Å². The molecule has 0 unspecified atom stereocenters. The number of pyridine rings is 1. The number of hydrogen-bond donors (Lipinski definition) is 0. The Morgan fingerprint density at radius 3 is 2.58 bits per heavy atom. The fraction of sp³-hybridized carbons (Fsp3) is 0.167. The number of nitriles is 1. The van der Waals surface area contributed by atoms with E-state index < -0.39 is 0 Å². The summed E-state index contributed by atoms with van der Waals surface area (Å²) in [6, 6.07) is 15.8. The molecule has 0 amide bonds. The summed E-state index contributed by atoms with van der Waals surface area (Å²) in [5.74, 6) is 0.671. The highest BCUT2D eigenvalue weighted by Crippen LogP contribution is 2.22. The first-order chi connectivity index (χ1) is 15.3. The van der Waals surface area contributed by atoms with Crippen molar-refractivity contribution in [3.8, 4) is 28.7 Å². The molecule has 1 aliphatic heterocycles. The van der Waals surface area contributed by atoms with Crippen LogP contribution >= 0.6 is 0 Å². The van der Waals surface area contributed by atoms with Crippen molar-refractivity contribution in [1.29, 1.82) is 5.26 Å². The van der Waals surface area contributed by atoms with Gasteiger partial charge in [-0.3, -0.25) is 9.88 Å². The minimum atomic E-state index is 0.650. The smallest absolute Gasteiger partial charge is 0.162 e. The van der Waals surface area contributed by atoms with Crippen molar-refractivity contribution in [2.45, 2.75) is 19.5 Å². The van der Waals surface area contributed by atoms with Crippen LogP contribution in [0.1, 0.15) is 22.5 Å². The van der Waals surface area contributed by atoms with E-state index in [1.807, 2.05) is 42.6 Å². The Morgan fingerprint density at radius 1 is 0.935 bits per heavy atom. The Kier molecular flexibility index (Phi) is 5.13. The third-order valence-electron chi connectivity index (χ3n) is 5.33. The van der Waals surface area contributed by atoms with Crippen LogP contribution in [0.4, 0.5) is 0 Å². The number of fused-ring (bicyclic) bond motifs is 1. The van der Waals surface area contributed by atoms with Gasteiger partial charge in [-0.25, -0.2) is 19.9 Å². The standard InChI is InChI=1S/C24H19N7/c25-10-17-4-6-18(7-5-17)22-3-1-2-21(29-22)15-31-9-8-23-20(14-31)13-28-24(30-23)19-11-26-16-27-12-19/h1-7,11-13,16H,8-9,14-15H2. The molecule has 1 aliphatic rings. The SMILES string of the molecule is N#Cc1ccc(-c2cccc(CN3CCc4nc(-c5cncnc5)ncc4C3)n2)cc1. The lowest BCUT2D eigenvalue weighted by Crippen LogP contribution is -2.31. The largest absolute Gasteiger partial charge is 0.293 e. The van der Waals surface area contributed by atoms with Crippen LogP contribution in [0.2, 0.25) is 0 Å². The first kappa shape index (κ1) is 19.0. The van der Waals surface area contributed by atoms with Crippen molar-refractivity contribution in [2.24, 2.45) is 0 Å². The van der Waals surface area contributed by atoms with E-state index in [0.717, 1.165) is 59.8 Å². The molecule has 3 aromatic heterocycles. The van der Waals surface area contributed by atoms with Gasteiger partial charge in [0.1, 0.15) is 6.33 Å². The molecule has 4 heterocycles. The average molecular weight is 405 g/mol. The summed E-state index contributed by atoms with van der Waals surface area (Å²) in [5.41, 5.74) is 6.66. The quantitative estimate of drug-likeness (QED) is 0.514. The lowest BCUT2D eigenvalue weighted by atomic mass is 10.1. The van der Waals surface area contributed by atoms with E-state index in [-0.39, 0.29) is 0 Å². The second kappa shape index (κ2) is 8.38. The molecular weight excluding hydrogens is 386 g/mol. The van der Waals surface area contributed by atoms with E-state index in [9.17, 15) is 0 Å². The van der Waals surface area contributed by atoms with Crippen molar-refractivity contribution in [2.75, 3.05) is 6.54 Å². The van der Waals surface area contributed by atoms with E-state index in [0.29, 0.717) is 11.4 Å². The van der Waals surface area contributed by atoms with E-state index in [4.69, 9.17) is 15.2 Å². The van der Waals surface area contributed by atoms with Crippen molar-refractivity contribution >= 4 is 0 Å². The summed E-state index contributed by atoms with van der Waals surface area (Å²) in [4.78, 5) is 24.5. The zero-order valence-electron chi connectivity index (χ0n) is 16.8. The van der Waals surface area contributed by atoms with Crippen LogP contribution in [0.3, 0.4) is 0 Å². The van der Waals surface area contributed by atoms with Gasteiger partial charge in [0.15, 0.2) is 5.82 Å². The molecule has 0 aliphatic carbocycles. The van der Waals surface area contributed by atoms with Crippen LogP contribution < -0.4 is 0 Å². The molecule has 150 valence electrons. The van der Waals surface area contributed by atoms with Crippen LogP contribution in [-0.2, 0) is 19.5 Å². The van der Waals surface area contributed by atoms with Gasteiger partial charge < -0.3 is 0 Å². The molecule has 0 radical (unpaired) electrons. The Morgan fingerprint density at radius 2 is 1.77 bits per heavy atom. The number of benzene rings is 1. The lowest BCUT2D eigenvalue weighted by Gasteiger charge is -2.27. The van der Waals surface area contributed by atoms with Crippen LogP contribution in [0.25, 0.3) is 22.6 Å². The predicted molar refractivity (Wildman–Crippen MR) is 115 cm³/mol. The summed E-state index contributed by atoms with van der Waals surface area (Å²) < 4.78 is 0. The Bertz CT molecular complexity index is 1250. The van der Waals surface area contributed by atoms with Gasteiger partial charge in [-0.15, -0.1) is 0 Å². The highest BCUT2D eigenvalue weighted by Gasteiger charge is 2.19. The monoisotopic (exact) mass is 405 g/mol. The first-order valence-electron chi connectivity index (χ1n) is 10.1. The van der Waals surface area contributed by atoms with Gasteiger partial charge in [0.25, 0.3) is 0 Å². The molecular formula is C24H19N7. The molecule has 0 fully saturated rings. The Balaban J connectivity index is 1.31. The van der Waals surface area contributed by atoms with Crippen LogP contribution in [0, 0.1) is 11.3 Å². The van der Waals surface area contributed by atoms with Crippen molar-refractivity contribution in [3.63, 3.8) is 0 Å². The molecule has 31 heavy (non-hydrogen) atoms. The topological polar surface area (TPSA) is 91.5 Å². The second-order valence-electron chi connectivity index (χ2n) is 7.46. The van der Waals surface area contributed by atoms with Crippen molar-refractivity contribution in [3.05, 3.63) is 89.9 Å². The summed E-state index contributed by atoms with van der Waals surface area (Å²) in [5, 5.41) is 8.98. The van der Waals surface area contributed by atoms with Gasteiger partial charge >= 0.3 is 0 Å². The van der Waals surface area contributed by atoms with Crippen LogP contribution in [0.15, 0.2) is 67.4 Å². The fourth-order valence-electron chi connectivity index (χ4n) is 3.74. The maximum absolute atomic E-state index is 8.98. The number of hydrogen-bond acceptors (Lipinski definition) is 7. The minimum absolute atomic E-state index is 0.650. The van der Waals surface area contributed by atoms with Gasteiger partial charge in [0.2, 0.25) is 0 Å². The van der Waals surface area contributed by atoms with E-state index >= 15 is 0 Å². The first-order valence-corrected chi connectivity index (χ1v) is 10.1. The summed E-state index contributed by atoms with van der Waals surface area (Å²) in [7, 11) is 0. The van der Waals surface area contributed by atoms with E-state index in [1.165, 1.54) is 6.33 Å². The predicted octanol–water partition coefficient (Wildman–Crippen LogP) is 3.43. The zero-order chi connectivity index (χ0) is 21.0. The summed E-state index contributed by atoms with van der Waals surface area (Å²) in [6.07, 6.45) is 7.75. The summed E-state index contributed by atoms with van der Waals surface area (Å²) >= 11 is 0. The van der Waals surface area contributed by atoms with Gasteiger partial charge in [-0.05, 0) is 24.3 Å². The number of aromatic nitrogens is 5. The third-order valence-corrected chi connectivity index (χ3v) is 5.33. The molecule has 0 spiro atoms. The zero-order valence-corrected chi connectivity index (χ0v) is 16.8. The molecule has 0 saturated heterocycles. The minimum Gasteiger partial charge on any atom is -0.293 e. The van der Waals surface area contributed by atoms with Gasteiger partial charge in [-0.1, -0.05) is 18.2 Å². The van der Waals surface area contributed by atoms with E-state index in [2.05, 4.69) is 32.0 Å². The van der Waals surface area contributed by atoms with Crippen molar-refractivity contribution < 1.29 is 0 Å². The molecule has 7 nitrogen and oxygen atoms in total. The highest BCUT2D eigenvalue weighted by atomic mass is 15.1. The van der Waals surface area contributed by atoms with Gasteiger partial charge in [-0.2, -0.15) is 5.26 Å². The summed E-state index contributed by atoms with van der Waals surface area (Å²) in [6.45, 7) is 2.47. The molecule has 5 rings (SSSR count). The molecule has 7 heteroatoms. The lowest BCUT2D eigenvalue weighted by molar-refractivity contribution is 0.240. The van der Waals surface area contributed by atoms with Crippen LogP contribution in [0.5, 0.6) is 0 Å². The Labute approximate surface area is 180 Å². The molecule has 0 saturated carbocycles. The molecule has 1 aromatic carbocycles. The average Bonchev–Trinajstić information content (AvgIpc) is 2.84. The molecule has 0 atom stereocenters. The van der Waals surface area contributed by atoms with Gasteiger partial charge in [0.05, 0.1) is 34.3 Å². The number of rotatable bonds is 4.